The molecule has 0 rings (SSSR count). The SMILES string of the molecule is CC(C)(O)CSCCC(NC=O)C(=O)O. The van der Waals surface area contributed by atoms with Crippen LogP contribution in [-0.2, 0) is 9.59 Å². The van der Waals surface area contributed by atoms with Crippen molar-refractivity contribution in [3.63, 3.8) is 0 Å². The number of carboxylic acids is 1. The number of aliphatic carboxylic acids is 1. The van der Waals surface area contributed by atoms with Gasteiger partial charge in [0.2, 0.25) is 6.41 Å². The lowest BCUT2D eigenvalue weighted by Gasteiger charge is -2.17. The number of thioether (sulfide) groups is 1. The minimum Gasteiger partial charge on any atom is -0.480 e. The summed E-state index contributed by atoms with van der Waals surface area (Å²) in [6.45, 7) is 3.39. The van der Waals surface area contributed by atoms with Gasteiger partial charge in [0.25, 0.3) is 0 Å². The van der Waals surface area contributed by atoms with Gasteiger partial charge in [0, 0.05) is 5.75 Å². The van der Waals surface area contributed by atoms with E-state index in [-0.39, 0.29) is 0 Å². The molecule has 0 spiro atoms. The molecular formula is C9H17NO4S. The van der Waals surface area contributed by atoms with Gasteiger partial charge in [-0.1, -0.05) is 0 Å². The van der Waals surface area contributed by atoms with E-state index in [1.165, 1.54) is 11.8 Å². The van der Waals surface area contributed by atoms with Gasteiger partial charge in [-0.05, 0) is 26.0 Å². The highest BCUT2D eigenvalue weighted by Crippen LogP contribution is 2.13. The zero-order valence-corrected chi connectivity index (χ0v) is 9.71. The van der Waals surface area contributed by atoms with Gasteiger partial charge in [-0.3, -0.25) is 4.79 Å². The standard InChI is InChI=1S/C9H17NO4S/c1-9(2,14)5-15-4-3-7(8(12)13)10-6-11/h6-7,14H,3-5H2,1-2H3,(H,10,11)(H,12,13). The number of carbonyl (C=O) groups is 2. The van der Waals surface area contributed by atoms with Crippen molar-refractivity contribution in [2.75, 3.05) is 11.5 Å². The molecule has 6 heteroatoms. The second kappa shape index (κ2) is 6.68. The van der Waals surface area contributed by atoms with Gasteiger partial charge in [-0.15, -0.1) is 0 Å². The molecule has 0 aromatic heterocycles. The molecule has 15 heavy (non-hydrogen) atoms. The predicted molar refractivity (Wildman–Crippen MR) is 58.9 cm³/mol. The first-order valence-electron chi connectivity index (χ1n) is 4.59. The van der Waals surface area contributed by atoms with Crippen molar-refractivity contribution in [1.29, 1.82) is 0 Å². The molecular weight excluding hydrogens is 218 g/mol. The highest BCUT2D eigenvalue weighted by molar-refractivity contribution is 7.99. The summed E-state index contributed by atoms with van der Waals surface area (Å²) in [4.78, 5) is 20.7. The Morgan fingerprint density at radius 3 is 2.60 bits per heavy atom. The van der Waals surface area contributed by atoms with Crippen molar-refractivity contribution in [2.24, 2.45) is 0 Å². The lowest BCUT2D eigenvalue weighted by Crippen LogP contribution is -2.36. The molecule has 0 aliphatic rings. The average molecular weight is 235 g/mol. The van der Waals surface area contributed by atoms with Crippen molar-refractivity contribution in [1.82, 2.24) is 5.32 Å². The van der Waals surface area contributed by atoms with Crippen LogP contribution in [0.3, 0.4) is 0 Å². The van der Waals surface area contributed by atoms with Crippen molar-refractivity contribution in [3.05, 3.63) is 0 Å². The molecule has 0 heterocycles. The number of carbonyl (C=O) groups excluding carboxylic acids is 1. The largest absolute Gasteiger partial charge is 0.480 e. The first-order chi connectivity index (χ1) is 6.87. The number of amides is 1. The Bertz CT molecular complexity index is 215. The lowest BCUT2D eigenvalue weighted by molar-refractivity contribution is -0.140. The molecule has 0 bridgehead atoms. The third kappa shape index (κ3) is 8.26. The van der Waals surface area contributed by atoms with Gasteiger partial charge in [-0.25, -0.2) is 4.79 Å². The summed E-state index contributed by atoms with van der Waals surface area (Å²) in [6.07, 6.45) is 0.744. The quantitative estimate of drug-likeness (QED) is 0.410. The number of aliphatic hydroxyl groups is 1. The maximum atomic E-state index is 10.6. The van der Waals surface area contributed by atoms with E-state index in [0.29, 0.717) is 24.3 Å². The molecule has 3 N–H and O–H groups in total. The van der Waals surface area contributed by atoms with E-state index in [2.05, 4.69) is 5.32 Å². The zero-order valence-electron chi connectivity index (χ0n) is 8.90. The van der Waals surface area contributed by atoms with E-state index < -0.39 is 17.6 Å². The first kappa shape index (κ1) is 14.2. The normalized spacial score (nSPS) is 13.3. The van der Waals surface area contributed by atoms with Gasteiger partial charge in [0.1, 0.15) is 6.04 Å². The molecule has 1 unspecified atom stereocenters. The molecule has 0 aliphatic carbocycles. The van der Waals surface area contributed by atoms with E-state index in [1.807, 2.05) is 0 Å². The molecule has 5 nitrogen and oxygen atoms in total. The molecule has 0 fully saturated rings. The van der Waals surface area contributed by atoms with Gasteiger partial charge < -0.3 is 15.5 Å². The summed E-state index contributed by atoms with van der Waals surface area (Å²) < 4.78 is 0. The van der Waals surface area contributed by atoms with Crippen LogP contribution in [0.4, 0.5) is 0 Å². The Hall–Kier alpha value is -0.750. The molecule has 0 aromatic carbocycles. The Labute approximate surface area is 93.2 Å². The second-order valence-electron chi connectivity index (χ2n) is 3.83. The summed E-state index contributed by atoms with van der Waals surface area (Å²) in [5.74, 6) is 0.0911. The van der Waals surface area contributed by atoms with Crippen LogP contribution in [0.25, 0.3) is 0 Å². The van der Waals surface area contributed by atoms with Crippen molar-refractivity contribution in [3.8, 4) is 0 Å². The smallest absolute Gasteiger partial charge is 0.326 e. The van der Waals surface area contributed by atoms with E-state index >= 15 is 0 Å². The Morgan fingerprint density at radius 2 is 2.20 bits per heavy atom. The third-order valence-corrected chi connectivity index (χ3v) is 3.01. The first-order valence-corrected chi connectivity index (χ1v) is 5.75. The van der Waals surface area contributed by atoms with Crippen molar-refractivity contribution >= 4 is 24.1 Å². The number of carboxylic acid groups (broad SMARTS) is 1. The number of nitrogens with one attached hydrogen (secondary N) is 1. The highest BCUT2D eigenvalue weighted by atomic mass is 32.2. The topological polar surface area (TPSA) is 86.6 Å². The van der Waals surface area contributed by atoms with Crippen LogP contribution in [0.15, 0.2) is 0 Å². The monoisotopic (exact) mass is 235 g/mol. The van der Waals surface area contributed by atoms with Crippen LogP contribution < -0.4 is 5.32 Å². The molecule has 0 aliphatic heterocycles. The zero-order chi connectivity index (χ0) is 11.9. The molecule has 0 radical (unpaired) electrons. The molecule has 1 amide bonds. The average Bonchev–Trinajstić information content (AvgIpc) is 2.08. The summed E-state index contributed by atoms with van der Waals surface area (Å²) in [6, 6.07) is -0.836. The van der Waals surface area contributed by atoms with Crippen LogP contribution in [-0.4, -0.2) is 45.7 Å². The van der Waals surface area contributed by atoms with Crippen molar-refractivity contribution < 1.29 is 19.8 Å². The van der Waals surface area contributed by atoms with E-state index in [9.17, 15) is 14.7 Å². The molecule has 0 saturated carbocycles. The summed E-state index contributed by atoms with van der Waals surface area (Å²) in [7, 11) is 0. The van der Waals surface area contributed by atoms with Gasteiger partial charge in [0.15, 0.2) is 0 Å². The molecule has 0 aromatic rings. The predicted octanol–water partition coefficient (Wildman–Crippen LogP) is 0.0798. The van der Waals surface area contributed by atoms with E-state index in [1.54, 1.807) is 13.8 Å². The summed E-state index contributed by atoms with van der Waals surface area (Å²) in [5, 5.41) is 20.3. The van der Waals surface area contributed by atoms with Crippen molar-refractivity contribution in [2.45, 2.75) is 31.9 Å². The van der Waals surface area contributed by atoms with Crippen LogP contribution >= 0.6 is 11.8 Å². The molecule has 1 atom stereocenters. The lowest BCUT2D eigenvalue weighted by atomic mass is 10.2. The number of rotatable bonds is 8. The van der Waals surface area contributed by atoms with Gasteiger partial charge in [-0.2, -0.15) is 11.8 Å². The number of hydrogen-bond donors (Lipinski definition) is 3. The fraction of sp³-hybridized carbons (Fsp3) is 0.778. The van der Waals surface area contributed by atoms with Gasteiger partial charge in [0.05, 0.1) is 5.60 Å². The van der Waals surface area contributed by atoms with Crippen LogP contribution in [0, 0.1) is 0 Å². The minimum absolute atomic E-state index is 0.356. The van der Waals surface area contributed by atoms with Crippen LogP contribution in [0.2, 0.25) is 0 Å². The van der Waals surface area contributed by atoms with E-state index in [0.717, 1.165) is 0 Å². The van der Waals surface area contributed by atoms with Gasteiger partial charge >= 0.3 is 5.97 Å². The van der Waals surface area contributed by atoms with Crippen LogP contribution in [0.5, 0.6) is 0 Å². The Kier molecular flexibility index (Phi) is 6.35. The molecule has 88 valence electrons. The fourth-order valence-corrected chi connectivity index (χ4v) is 1.93. The molecule has 0 saturated heterocycles. The Morgan fingerprint density at radius 1 is 1.60 bits per heavy atom. The maximum absolute atomic E-state index is 10.6. The third-order valence-electron chi connectivity index (χ3n) is 1.57. The minimum atomic E-state index is -1.04. The Balaban J connectivity index is 3.72. The summed E-state index contributed by atoms with van der Waals surface area (Å²) >= 11 is 1.46. The maximum Gasteiger partial charge on any atom is 0.326 e. The van der Waals surface area contributed by atoms with E-state index in [4.69, 9.17) is 5.11 Å². The summed E-state index contributed by atoms with van der Waals surface area (Å²) in [5.41, 5.74) is -0.749. The fourth-order valence-electron chi connectivity index (χ4n) is 0.883. The number of hydrogen-bond acceptors (Lipinski definition) is 4. The van der Waals surface area contributed by atoms with Crippen LogP contribution in [0.1, 0.15) is 20.3 Å². The second-order valence-corrected chi connectivity index (χ2v) is 4.93. The highest BCUT2D eigenvalue weighted by Gasteiger charge is 2.17.